The number of terminal acetylenes is 1. The van der Waals surface area contributed by atoms with Gasteiger partial charge in [-0.25, -0.2) is 9.59 Å². The van der Waals surface area contributed by atoms with Crippen LogP contribution >= 0.6 is 0 Å². The summed E-state index contributed by atoms with van der Waals surface area (Å²) in [5.74, 6) is 2.15. The molecule has 0 saturated carbocycles. The van der Waals surface area contributed by atoms with Crippen molar-refractivity contribution in [1.29, 1.82) is 0 Å². The highest BCUT2D eigenvalue weighted by Gasteiger charge is 2.39. The first kappa shape index (κ1) is 36.3. The smallest absolute Gasteiger partial charge is 0.410 e. The van der Waals surface area contributed by atoms with Crippen molar-refractivity contribution in [3.63, 3.8) is 0 Å². The average Bonchev–Trinajstić information content (AvgIpc) is 3.85. The molecule has 1 saturated heterocycles. The summed E-state index contributed by atoms with van der Waals surface area (Å²) in [6.07, 6.45) is 8.17. The van der Waals surface area contributed by atoms with Gasteiger partial charge in [0.05, 0.1) is 6.61 Å². The molecular weight excluding hydrogens is 654 g/mol. The second-order valence-electron chi connectivity index (χ2n) is 14.5. The number of nitrogens with zero attached hydrogens (tertiary/aromatic N) is 1. The number of allylic oxidation sites excluding steroid dienone is 1. The van der Waals surface area contributed by atoms with Crippen LogP contribution < -0.4 is 10.1 Å². The number of esters is 1. The van der Waals surface area contributed by atoms with Crippen LogP contribution in [0.3, 0.4) is 0 Å². The van der Waals surface area contributed by atoms with Crippen molar-refractivity contribution in [3.8, 4) is 29.2 Å². The van der Waals surface area contributed by atoms with Gasteiger partial charge in [0.1, 0.15) is 24.4 Å². The van der Waals surface area contributed by atoms with Crippen molar-refractivity contribution in [2.75, 3.05) is 19.8 Å². The van der Waals surface area contributed by atoms with E-state index in [0.29, 0.717) is 25.1 Å². The van der Waals surface area contributed by atoms with Gasteiger partial charge in [-0.3, -0.25) is 9.69 Å². The van der Waals surface area contributed by atoms with Crippen LogP contribution in [0.25, 0.3) is 22.0 Å². The van der Waals surface area contributed by atoms with Crippen LogP contribution in [0.2, 0.25) is 0 Å². The number of carbonyl (C=O) groups excluding carboxylic acids is 3. The molecule has 2 N–H and O–H groups in total. The summed E-state index contributed by atoms with van der Waals surface area (Å²) in [6.45, 7) is 14.1. The van der Waals surface area contributed by atoms with Gasteiger partial charge in [0, 0.05) is 47.0 Å². The predicted molar refractivity (Wildman–Crippen MR) is 202 cm³/mol. The summed E-state index contributed by atoms with van der Waals surface area (Å²) < 4.78 is 17.4. The maximum atomic E-state index is 14.0. The first-order valence-corrected chi connectivity index (χ1v) is 17.9. The highest BCUT2D eigenvalue weighted by atomic mass is 16.6. The topological polar surface area (TPSA) is 110 Å². The zero-order valence-electron chi connectivity index (χ0n) is 30.6. The second-order valence-corrected chi connectivity index (χ2v) is 14.5. The Morgan fingerprint density at radius 2 is 1.71 bits per heavy atom. The number of aromatic nitrogens is 1. The van der Waals surface area contributed by atoms with Crippen molar-refractivity contribution in [3.05, 3.63) is 102 Å². The summed E-state index contributed by atoms with van der Waals surface area (Å²) in [7, 11) is 0. The van der Waals surface area contributed by atoms with Crippen LogP contribution in [0.5, 0.6) is 5.75 Å². The molecule has 9 heteroatoms. The van der Waals surface area contributed by atoms with E-state index >= 15 is 0 Å². The Balaban J connectivity index is 1.22. The number of nitrogens with one attached hydrogen (secondary N) is 2. The van der Waals surface area contributed by atoms with Crippen LogP contribution in [-0.2, 0) is 30.9 Å². The van der Waals surface area contributed by atoms with E-state index in [-0.39, 0.29) is 25.6 Å². The molecule has 0 bridgehead atoms. The normalized spacial score (nSPS) is 16.1. The molecule has 9 nitrogen and oxygen atoms in total. The van der Waals surface area contributed by atoms with Crippen LogP contribution in [0.4, 0.5) is 4.79 Å². The van der Waals surface area contributed by atoms with Crippen LogP contribution in [0.15, 0.2) is 79.4 Å². The molecule has 1 fully saturated rings. The number of H-pyrrole nitrogens is 1. The van der Waals surface area contributed by atoms with Gasteiger partial charge in [-0.2, -0.15) is 0 Å². The Labute approximate surface area is 305 Å². The molecule has 0 radical (unpaired) electrons. The molecule has 2 aliphatic rings. The second kappa shape index (κ2) is 14.6. The van der Waals surface area contributed by atoms with E-state index in [0.717, 1.165) is 44.4 Å². The molecule has 2 heterocycles. The zero-order chi connectivity index (χ0) is 37.2. The quantitative estimate of drug-likeness (QED) is 0.0904. The van der Waals surface area contributed by atoms with E-state index in [1.165, 1.54) is 4.90 Å². The molecule has 4 aromatic rings. The lowest BCUT2D eigenvalue weighted by atomic mass is 9.85. The first-order chi connectivity index (χ1) is 24.9. The maximum Gasteiger partial charge on any atom is 0.410 e. The van der Waals surface area contributed by atoms with E-state index in [4.69, 9.17) is 20.6 Å². The van der Waals surface area contributed by atoms with Crippen molar-refractivity contribution < 1.29 is 28.6 Å². The molecule has 270 valence electrons. The molecule has 1 aromatic heterocycles. The van der Waals surface area contributed by atoms with Gasteiger partial charge >= 0.3 is 12.1 Å². The SMILES string of the molecule is C#CC(C)(C)Oc1ccc2c(CC(NC(=O)[C@@H]3CCCN3C(=O)OCC3c4ccccc4-c4ccccc43)C(=O)OCC)c(C(C)(C)C=C)[nH]c2c1. The lowest BCUT2D eigenvalue weighted by Gasteiger charge is -2.27. The summed E-state index contributed by atoms with van der Waals surface area (Å²) >= 11 is 0. The van der Waals surface area contributed by atoms with E-state index in [9.17, 15) is 14.4 Å². The van der Waals surface area contributed by atoms with Crippen LogP contribution in [-0.4, -0.2) is 65.3 Å². The highest BCUT2D eigenvalue weighted by Crippen LogP contribution is 2.44. The standard InChI is InChI=1S/C43H47N3O6/c1-8-42(4,5)38-33(32-22-21-27(24-35(32)44-38)52-43(6,7)9-2)25-36(40(48)50-10-3)45-39(47)37-20-15-23-46(37)41(49)51-26-34-30-18-13-11-16-28(30)29-17-12-14-19-31(29)34/h2,8,11-14,16-19,21-22,24,34,36-37,44H,1,10,15,20,23,25-26H2,3-7H3,(H,45,47)/t36?,37-/m0/s1. The molecule has 52 heavy (non-hydrogen) atoms. The van der Waals surface area contributed by atoms with Gasteiger partial charge in [0.25, 0.3) is 0 Å². The molecule has 0 spiro atoms. The van der Waals surface area contributed by atoms with Gasteiger partial charge < -0.3 is 24.5 Å². The summed E-state index contributed by atoms with van der Waals surface area (Å²) in [6, 6.07) is 20.1. The Kier molecular flexibility index (Phi) is 10.2. The number of amides is 2. The molecule has 2 amide bonds. The monoisotopic (exact) mass is 701 g/mol. The van der Waals surface area contributed by atoms with Gasteiger partial charge in [0.2, 0.25) is 5.91 Å². The number of ether oxygens (including phenoxy) is 3. The number of aromatic amines is 1. The lowest BCUT2D eigenvalue weighted by molar-refractivity contribution is -0.147. The Morgan fingerprint density at radius 1 is 1.04 bits per heavy atom. The third-order valence-electron chi connectivity index (χ3n) is 10.2. The number of rotatable bonds is 12. The van der Waals surface area contributed by atoms with E-state index in [1.54, 1.807) is 6.92 Å². The fraction of sp³-hybridized carbons (Fsp3) is 0.372. The minimum atomic E-state index is -1.02. The van der Waals surface area contributed by atoms with Crippen molar-refractivity contribution in [1.82, 2.24) is 15.2 Å². The van der Waals surface area contributed by atoms with Crippen molar-refractivity contribution in [2.24, 2.45) is 0 Å². The summed E-state index contributed by atoms with van der Waals surface area (Å²) in [4.78, 5) is 46.0. The average molecular weight is 702 g/mol. The number of likely N-dealkylation sites (tertiary alicyclic amines) is 1. The van der Waals surface area contributed by atoms with Gasteiger partial charge in [-0.15, -0.1) is 13.0 Å². The van der Waals surface area contributed by atoms with Gasteiger partial charge in [0.15, 0.2) is 5.60 Å². The molecule has 3 aromatic carbocycles. The van der Waals surface area contributed by atoms with Crippen molar-refractivity contribution >= 4 is 28.9 Å². The number of hydrogen-bond acceptors (Lipinski definition) is 6. The minimum Gasteiger partial charge on any atom is -0.475 e. The molecule has 6 rings (SSSR count). The van der Waals surface area contributed by atoms with Crippen molar-refractivity contribution in [2.45, 2.75) is 82.9 Å². The van der Waals surface area contributed by atoms with Crippen LogP contribution in [0, 0.1) is 12.3 Å². The number of fused-ring (bicyclic) bond motifs is 4. The molecule has 1 aliphatic carbocycles. The Morgan fingerprint density at radius 3 is 2.35 bits per heavy atom. The molecular formula is C43H47N3O6. The lowest BCUT2D eigenvalue weighted by Crippen LogP contribution is -2.52. The van der Waals surface area contributed by atoms with Gasteiger partial charge in [-0.1, -0.05) is 74.4 Å². The Bertz CT molecular complexity index is 2010. The molecule has 1 aliphatic heterocycles. The third-order valence-corrected chi connectivity index (χ3v) is 10.2. The summed E-state index contributed by atoms with van der Waals surface area (Å²) in [5.41, 5.74) is 5.65. The fourth-order valence-corrected chi connectivity index (χ4v) is 7.33. The largest absolute Gasteiger partial charge is 0.475 e. The van der Waals surface area contributed by atoms with E-state index in [2.05, 4.69) is 47.1 Å². The van der Waals surface area contributed by atoms with Gasteiger partial charge in [-0.05, 0) is 73.6 Å². The Hall–Kier alpha value is -5.49. The predicted octanol–water partition coefficient (Wildman–Crippen LogP) is 7.43. The third kappa shape index (κ3) is 7.16. The number of carbonyl (C=O) groups is 3. The van der Waals surface area contributed by atoms with E-state index < -0.39 is 41.1 Å². The maximum absolute atomic E-state index is 14.0. The fourth-order valence-electron chi connectivity index (χ4n) is 7.33. The van der Waals surface area contributed by atoms with Crippen LogP contribution in [0.1, 0.15) is 75.8 Å². The molecule has 1 unspecified atom stereocenters. The first-order valence-electron chi connectivity index (χ1n) is 17.9. The molecule has 2 atom stereocenters. The minimum absolute atomic E-state index is 0.101. The number of benzene rings is 3. The highest BCUT2D eigenvalue weighted by molar-refractivity contribution is 5.92. The summed E-state index contributed by atoms with van der Waals surface area (Å²) in [5, 5.41) is 3.81. The zero-order valence-corrected chi connectivity index (χ0v) is 30.6. The number of hydrogen-bond donors (Lipinski definition) is 2. The van der Waals surface area contributed by atoms with E-state index in [1.807, 2.05) is 76.2 Å².